The fourth-order valence-electron chi connectivity index (χ4n) is 2.40. The van der Waals surface area contributed by atoms with Crippen molar-refractivity contribution in [2.75, 3.05) is 26.1 Å². The van der Waals surface area contributed by atoms with E-state index in [0.29, 0.717) is 24.8 Å². The van der Waals surface area contributed by atoms with Gasteiger partial charge in [0, 0.05) is 27.2 Å². The van der Waals surface area contributed by atoms with E-state index in [1.54, 1.807) is 26.4 Å². The predicted octanol–water partition coefficient (Wildman–Crippen LogP) is 2.75. The molecule has 1 amide bonds. The molecule has 0 aromatic carbocycles. The molecule has 3 N–H and O–H groups in total. The monoisotopic (exact) mass is 422 g/mol. The van der Waals surface area contributed by atoms with Gasteiger partial charge in [-0.3, -0.25) is 14.6 Å². The van der Waals surface area contributed by atoms with Gasteiger partial charge >= 0.3 is 6.09 Å². The van der Waals surface area contributed by atoms with Gasteiger partial charge in [0.2, 0.25) is 0 Å². The highest BCUT2D eigenvalue weighted by Gasteiger charge is 2.19. The van der Waals surface area contributed by atoms with Crippen molar-refractivity contribution >= 4 is 18.2 Å². The van der Waals surface area contributed by atoms with Crippen LogP contribution in [0.4, 0.5) is 10.6 Å². The van der Waals surface area contributed by atoms with E-state index in [-0.39, 0.29) is 12.1 Å². The van der Waals surface area contributed by atoms with Crippen molar-refractivity contribution in [3.63, 3.8) is 0 Å². The molecule has 1 aliphatic rings. The molecule has 1 saturated carbocycles. The van der Waals surface area contributed by atoms with Gasteiger partial charge in [0.05, 0.1) is 25.1 Å². The van der Waals surface area contributed by atoms with E-state index in [1.165, 1.54) is 23.9 Å². The smallest absolute Gasteiger partial charge is 0.407 e. The third-order valence-electron chi connectivity index (χ3n) is 4.23. The van der Waals surface area contributed by atoms with Gasteiger partial charge in [0.15, 0.2) is 6.29 Å². The number of carbonyl (C=O) groups excluding carboxylic acids is 2. The van der Waals surface area contributed by atoms with Crippen LogP contribution in [-0.2, 0) is 23.1 Å². The molecule has 1 aliphatic carbocycles. The summed E-state index contributed by atoms with van der Waals surface area (Å²) in [5.41, 5.74) is 1.34. The molecule has 0 aliphatic heterocycles. The first-order valence-electron chi connectivity index (χ1n) is 9.97. The second kappa shape index (κ2) is 14.2. The maximum Gasteiger partial charge on any atom is 0.407 e. The molecule has 30 heavy (non-hydrogen) atoms. The van der Waals surface area contributed by atoms with Crippen LogP contribution in [0, 0.1) is 5.92 Å². The van der Waals surface area contributed by atoms with E-state index < -0.39 is 0 Å². The molecule has 2 aromatic rings. The van der Waals surface area contributed by atoms with Gasteiger partial charge in [-0.2, -0.15) is 10.2 Å². The minimum absolute atomic E-state index is 0.166. The summed E-state index contributed by atoms with van der Waals surface area (Å²) in [6.45, 7) is 4.88. The zero-order chi connectivity index (χ0) is 22.4. The van der Waals surface area contributed by atoms with Crippen molar-refractivity contribution in [3.05, 3.63) is 29.7 Å². The lowest BCUT2D eigenvalue weighted by atomic mass is 9.86. The topological polar surface area (TPSA) is 123 Å². The highest BCUT2D eigenvalue weighted by atomic mass is 16.5. The van der Waals surface area contributed by atoms with E-state index in [4.69, 9.17) is 9.47 Å². The number of aryl methyl sites for hydroxylation is 1. The number of carbonyl (C=O) groups is 2. The van der Waals surface area contributed by atoms with Crippen LogP contribution in [0.5, 0.6) is 0 Å². The molecule has 10 nitrogen and oxygen atoms in total. The molecule has 0 atom stereocenters. The average molecular weight is 423 g/mol. The first kappa shape index (κ1) is 25.2. The molecule has 0 radical (unpaired) electrons. The van der Waals surface area contributed by atoms with E-state index in [2.05, 4.69) is 25.9 Å². The maximum absolute atomic E-state index is 11.0. The number of nitrogens with zero attached hydrogens (tertiary/aromatic N) is 3. The van der Waals surface area contributed by atoms with Crippen molar-refractivity contribution < 1.29 is 19.1 Å². The van der Waals surface area contributed by atoms with Gasteiger partial charge < -0.3 is 20.1 Å². The quantitative estimate of drug-likeness (QED) is 0.586. The number of anilines is 1. The Kier molecular flexibility index (Phi) is 11.9. The Morgan fingerprint density at radius 2 is 2.17 bits per heavy atom. The largest absolute Gasteiger partial charge is 0.449 e. The van der Waals surface area contributed by atoms with Crippen molar-refractivity contribution in [1.82, 2.24) is 25.3 Å². The van der Waals surface area contributed by atoms with Crippen LogP contribution in [0.1, 0.15) is 49.3 Å². The molecule has 0 saturated heterocycles. The number of rotatable bonds is 7. The van der Waals surface area contributed by atoms with E-state index in [9.17, 15) is 9.59 Å². The number of aldehydes is 1. The number of aromatic nitrogens is 4. The molecule has 0 spiro atoms. The van der Waals surface area contributed by atoms with Crippen LogP contribution in [-0.4, -0.2) is 59.2 Å². The molecule has 3 rings (SSSR count). The van der Waals surface area contributed by atoms with Crippen molar-refractivity contribution in [2.45, 2.75) is 45.8 Å². The fraction of sp³-hybridized carbons (Fsp3) is 0.600. The van der Waals surface area contributed by atoms with Crippen molar-refractivity contribution in [2.24, 2.45) is 13.0 Å². The summed E-state index contributed by atoms with van der Waals surface area (Å²) in [4.78, 5) is 21.3. The average Bonchev–Trinajstić information content (AvgIpc) is 3.30. The number of hydrogen-bond acceptors (Lipinski definition) is 7. The van der Waals surface area contributed by atoms with Gasteiger partial charge in [0.25, 0.3) is 0 Å². The van der Waals surface area contributed by atoms with Crippen molar-refractivity contribution in [3.8, 4) is 0 Å². The standard InChI is InChI=1S/C9H17NO2.C7H10N2O2.C4H7N3/c1-7(2)10-9(11)12-6-8-4-3-5-8;1-9-7(4-10)3-6(8-9)5-11-2;1-5-4-2-3-6-7-4/h7-8H,3-6H2,1-2H3,(H,10,11);3-4H,5H2,1-2H3;2-3H,1H3,(H2,5,6,7). The Balaban J connectivity index is 0.000000232. The number of amides is 1. The Labute approximate surface area is 177 Å². The molecule has 0 bridgehead atoms. The molecule has 10 heteroatoms. The van der Waals surface area contributed by atoms with Crippen LogP contribution < -0.4 is 10.6 Å². The Hall–Kier alpha value is -2.88. The van der Waals surface area contributed by atoms with E-state index >= 15 is 0 Å². The summed E-state index contributed by atoms with van der Waals surface area (Å²) in [6, 6.07) is 3.73. The maximum atomic E-state index is 11.0. The Bertz CT molecular complexity index is 726. The first-order valence-corrected chi connectivity index (χ1v) is 9.97. The normalized spacial score (nSPS) is 12.6. The zero-order valence-corrected chi connectivity index (χ0v) is 18.5. The van der Waals surface area contributed by atoms with Gasteiger partial charge in [0.1, 0.15) is 11.5 Å². The lowest BCUT2D eigenvalue weighted by Gasteiger charge is -2.24. The van der Waals surface area contributed by atoms with Crippen LogP contribution in [0.3, 0.4) is 0 Å². The number of ether oxygens (including phenoxy) is 2. The van der Waals surface area contributed by atoms with Gasteiger partial charge in [-0.05, 0) is 44.7 Å². The third-order valence-corrected chi connectivity index (χ3v) is 4.23. The molecule has 2 heterocycles. The van der Waals surface area contributed by atoms with Crippen molar-refractivity contribution in [1.29, 1.82) is 0 Å². The first-order chi connectivity index (χ1) is 14.4. The summed E-state index contributed by atoms with van der Waals surface area (Å²) in [5.74, 6) is 1.57. The Morgan fingerprint density at radius 1 is 1.43 bits per heavy atom. The summed E-state index contributed by atoms with van der Waals surface area (Å²) in [6.07, 6.45) is 5.92. The van der Waals surface area contributed by atoms with Crippen LogP contribution in [0.2, 0.25) is 0 Å². The van der Waals surface area contributed by atoms with Crippen LogP contribution in [0.25, 0.3) is 0 Å². The summed E-state index contributed by atoms with van der Waals surface area (Å²) < 4.78 is 11.4. The third kappa shape index (κ3) is 10.1. The Morgan fingerprint density at radius 3 is 2.57 bits per heavy atom. The fourth-order valence-corrected chi connectivity index (χ4v) is 2.40. The lowest BCUT2D eigenvalue weighted by Crippen LogP contribution is -2.32. The molecular formula is C20H34N6O4. The minimum atomic E-state index is -0.281. The lowest BCUT2D eigenvalue weighted by molar-refractivity contribution is 0.102. The number of H-pyrrole nitrogens is 1. The zero-order valence-electron chi connectivity index (χ0n) is 18.5. The van der Waals surface area contributed by atoms with Crippen LogP contribution in [0.15, 0.2) is 18.3 Å². The van der Waals surface area contributed by atoms with E-state index in [1.807, 2.05) is 27.0 Å². The predicted molar refractivity (Wildman–Crippen MR) is 114 cm³/mol. The van der Waals surface area contributed by atoms with Gasteiger partial charge in [-0.1, -0.05) is 6.42 Å². The second-order valence-corrected chi connectivity index (χ2v) is 7.15. The number of hydrogen-bond donors (Lipinski definition) is 3. The summed E-state index contributed by atoms with van der Waals surface area (Å²) >= 11 is 0. The minimum Gasteiger partial charge on any atom is -0.449 e. The molecule has 1 fully saturated rings. The number of methoxy groups -OCH3 is 1. The molecular weight excluding hydrogens is 388 g/mol. The highest BCUT2D eigenvalue weighted by Crippen LogP contribution is 2.26. The van der Waals surface area contributed by atoms with E-state index in [0.717, 1.165) is 17.8 Å². The number of nitrogens with one attached hydrogen (secondary N) is 3. The SMILES string of the molecule is CC(C)NC(=O)OCC1CCC1.CNc1ccn[nH]1.COCc1cc(C=O)n(C)n1. The molecule has 168 valence electrons. The second-order valence-electron chi connectivity index (χ2n) is 7.15. The molecule has 0 unspecified atom stereocenters. The summed E-state index contributed by atoms with van der Waals surface area (Å²) in [7, 11) is 5.16. The van der Waals surface area contributed by atoms with Gasteiger partial charge in [-0.15, -0.1) is 0 Å². The highest BCUT2D eigenvalue weighted by molar-refractivity contribution is 5.72. The number of alkyl carbamates (subject to hydrolysis) is 1. The molecule has 2 aromatic heterocycles. The van der Waals surface area contributed by atoms with Gasteiger partial charge in [-0.25, -0.2) is 4.79 Å². The number of aromatic amines is 1. The van der Waals surface area contributed by atoms with Crippen LogP contribution >= 0.6 is 0 Å². The summed E-state index contributed by atoms with van der Waals surface area (Å²) in [5, 5.41) is 16.0.